The van der Waals surface area contributed by atoms with Crippen molar-refractivity contribution in [1.29, 1.82) is 0 Å². The fraction of sp³-hybridized carbons (Fsp3) is 0.292. The standard InChI is InChI=1S/C24H22ClN5O3S/c1-14-7-8-16(11-15(14)2)22-27-29-24(33-22)34-13-21(31)30(17-9-10-17)12-20-26-28-23(32-20)18-5-3-4-6-19(18)25/h3-8,11,17H,9-10,12-13H2,1-2H3. The quantitative estimate of drug-likeness (QED) is 0.302. The average Bonchev–Trinajstić information content (AvgIpc) is 3.37. The molecule has 5 rings (SSSR count). The van der Waals surface area contributed by atoms with Gasteiger partial charge >= 0.3 is 0 Å². The number of hydrogen-bond donors (Lipinski definition) is 0. The number of carbonyl (C=O) groups is 1. The van der Waals surface area contributed by atoms with Gasteiger partial charge in [0.25, 0.3) is 5.22 Å². The maximum atomic E-state index is 13.0. The number of aryl methyl sites for hydroxylation is 2. The molecular formula is C24H22ClN5O3S. The number of aromatic nitrogens is 4. The number of rotatable bonds is 8. The fourth-order valence-corrected chi connectivity index (χ4v) is 4.35. The van der Waals surface area contributed by atoms with Gasteiger partial charge in [0, 0.05) is 11.6 Å². The summed E-state index contributed by atoms with van der Waals surface area (Å²) in [5.41, 5.74) is 3.88. The summed E-state index contributed by atoms with van der Waals surface area (Å²) in [5, 5.41) is 17.3. The van der Waals surface area contributed by atoms with Gasteiger partial charge in [0.05, 0.1) is 22.9 Å². The summed E-state index contributed by atoms with van der Waals surface area (Å²) < 4.78 is 11.6. The Morgan fingerprint density at radius 2 is 1.82 bits per heavy atom. The summed E-state index contributed by atoms with van der Waals surface area (Å²) in [7, 11) is 0. The van der Waals surface area contributed by atoms with Gasteiger partial charge in [-0.15, -0.1) is 20.4 Å². The molecule has 0 spiro atoms. The molecule has 0 saturated heterocycles. The minimum atomic E-state index is -0.0454. The maximum absolute atomic E-state index is 13.0. The van der Waals surface area contributed by atoms with Crippen LogP contribution < -0.4 is 0 Å². The third-order valence-electron chi connectivity index (χ3n) is 5.66. The summed E-state index contributed by atoms with van der Waals surface area (Å²) in [6.45, 7) is 4.34. The molecule has 0 unspecified atom stereocenters. The van der Waals surface area contributed by atoms with Crippen LogP contribution in [0.4, 0.5) is 0 Å². The molecule has 174 valence electrons. The third kappa shape index (κ3) is 5.00. The number of halogens is 1. The lowest BCUT2D eigenvalue weighted by Crippen LogP contribution is -2.34. The van der Waals surface area contributed by atoms with Crippen LogP contribution in [-0.4, -0.2) is 43.0 Å². The van der Waals surface area contributed by atoms with Crippen LogP contribution in [0, 0.1) is 13.8 Å². The highest BCUT2D eigenvalue weighted by Gasteiger charge is 2.34. The number of hydrogen-bond acceptors (Lipinski definition) is 8. The van der Waals surface area contributed by atoms with Gasteiger partial charge in [0.1, 0.15) is 0 Å². The second-order valence-electron chi connectivity index (χ2n) is 8.19. The van der Waals surface area contributed by atoms with Crippen LogP contribution in [0.2, 0.25) is 5.02 Å². The molecule has 1 aliphatic carbocycles. The van der Waals surface area contributed by atoms with E-state index in [0.717, 1.165) is 24.0 Å². The van der Waals surface area contributed by atoms with Gasteiger partial charge in [-0.3, -0.25) is 4.79 Å². The number of nitrogens with zero attached hydrogens (tertiary/aromatic N) is 5. The van der Waals surface area contributed by atoms with Crippen molar-refractivity contribution >= 4 is 29.3 Å². The van der Waals surface area contributed by atoms with Gasteiger partial charge in [-0.2, -0.15) is 0 Å². The molecule has 1 fully saturated rings. The Bertz CT molecular complexity index is 1330. The summed E-state index contributed by atoms with van der Waals surface area (Å²) in [4.78, 5) is 14.8. The Balaban J connectivity index is 1.23. The Labute approximate surface area is 205 Å². The van der Waals surface area contributed by atoms with Gasteiger partial charge in [-0.1, -0.05) is 41.6 Å². The largest absolute Gasteiger partial charge is 0.419 e. The van der Waals surface area contributed by atoms with Crippen LogP contribution in [0.15, 0.2) is 56.5 Å². The van der Waals surface area contributed by atoms with Gasteiger partial charge in [-0.05, 0) is 62.1 Å². The Morgan fingerprint density at radius 1 is 1.03 bits per heavy atom. The average molecular weight is 496 g/mol. The predicted octanol–water partition coefficient (Wildman–Crippen LogP) is 5.34. The van der Waals surface area contributed by atoms with Crippen LogP contribution >= 0.6 is 23.4 Å². The highest BCUT2D eigenvalue weighted by Crippen LogP contribution is 2.31. The van der Waals surface area contributed by atoms with Crippen molar-refractivity contribution in [3.8, 4) is 22.9 Å². The van der Waals surface area contributed by atoms with E-state index in [-0.39, 0.29) is 24.2 Å². The molecule has 0 N–H and O–H groups in total. The number of benzene rings is 2. The maximum Gasteiger partial charge on any atom is 0.277 e. The molecule has 8 nitrogen and oxygen atoms in total. The fourth-order valence-electron chi connectivity index (χ4n) is 3.48. The zero-order valence-corrected chi connectivity index (χ0v) is 20.3. The van der Waals surface area contributed by atoms with Gasteiger partial charge < -0.3 is 13.7 Å². The molecule has 34 heavy (non-hydrogen) atoms. The predicted molar refractivity (Wildman–Crippen MR) is 128 cm³/mol. The molecule has 0 bridgehead atoms. The van der Waals surface area contributed by atoms with Crippen LogP contribution in [0.3, 0.4) is 0 Å². The molecule has 4 aromatic rings. The highest BCUT2D eigenvalue weighted by molar-refractivity contribution is 7.99. The number of carbonyl (C=O) groups excluding carboxylic acids is 1. The van der Waals surface area contributed by atoms with Crippen molar-refractivity contribution in [3.63, 3.8) is 0 Å². The summed E-state index contributed by atoms with van der Waals surface area (Å²) in [5.74, 6) is 1.28. The lowest BCUT2D eigenvalue weighted by atomic mass is 10.1. The van der Waals surface area contributed by atoms with E-state index < -0.39 is 0 Å². The van der Waals surface area contributed by atoms with Crippen molar-refractivity contribution in [2.24, 2.45) is 0 Å². The van der Waals surface area contributed by atoms with Crippen molar-refractivity contribution < 1.29 is 13.6 Å². The van der Waals surface area contributed by atoms with Crippen molar-refractivity contribution in [1.82, 2.24) is 25.3 Å². The second-order valence-corrected chi connectivity index (χ2v) is 9.53. The molecule has 0 radical (unpaired) electrons. The molecule has 0 aliphatic heterocycles. The lowest BCUT2D eigenvalue weighted by molar-refractivity contribution is -0.129. The first-order chi connectivity index (χ1) is 16.5. The van der Waals surface area contributed by atoms with Crippen LogP contribution in [0.25, 0.3) is 22.9 Å². The molecule has 2 heterocycles. The van der Waals surface area contributed by atoms with Crippen molar-refractivity contribution in [2.75, 3.05) is 5.75 Å². The van der Waals surface area contributed by atoms with E-state index in [1.165, 1.54) is 17.3 Å². The van der Waals surface area contributed by atoms with E-state index >= 15 is 0 Å². The molecule has 1 saturated carbocycles. The van der Waals surface area contributed by atoms with Crippen molar-refractivity contribution in [3.05, 3.63) is 64.5 Å². The molecular weight excluding hydrogens is 474 g/mol. The minimum Gasteiger partial charge on any atom is -0.419 e. The molecule has 10 heteroatoms. The first-order valence-electron chi connectivity index (χ1n) is 10.9. The van der Waals surface area contributed by atoms with E-state index in [4.69, 9.17) is 20.4 Å². The molecule has 2 aromatic heterocycles. The molecule has 1 amide bonds. The molecule has 1 aliphatic rings. The summed E-state index contributed by atoms with van der Waals surface area (Å²) in [6, 6.07) is 13.4. The van der Waals surface area contributed by atoms with E-state index in [2.05, 4.69) is 27.3 Å². The Hall–Kier alpha value is -3.17. The number of thioether (sulfide) groups is 1. The highest BCUT2D eigenvalue weighted by atomic mass is 35.5. The monoisotopic (exact) mass is 495 g/mol. The van der Waals surface area contributed by atoms with Gasteiger partial charge in [-0.25, -0.2) is 0 Å². The zero-order chi connectivity index (χ0) is 23.7. The summed E-state index contributed by atoms with van der Waals surface area (Å²) >= 11 is 7.45. The SMILES string of the molecule is Cc1ccc(-c2nnc(SCC(=O)N(Cc3nnc(-c4ccccc4Cl)o3)C3CC3)o2)cc1C. The zero-order valence-electron chi connectivity index (χ0n) is 18.7. The Morgan fingerprint density at radius 3 is 2.59 bits per heavy atom. The second kappa shape index (κ2) is 9.60. The topological polar surface area (TPSA) is 98.2 Å². The van der Waals surface area contributed by atoms with Crippen LogP contribution in [0.1, 0.15) is 29.9 Å². The first kappa shape index (κ1) is 22.6. The normalized spacial score (nSPS) is 13.3. The summed E-state index contributed by atoms with van der Waals surface area (Å²) in [6.07, 6.45) is 1.92. The molecule has 0 atom stereocenters. The third-order valence-corrected chi connectivity index (χ3v) is 6.80. The number of amides is 1. The smallest absolute Gasteiger partial charge is 0.277 e. The van der Waals surface area contributed by atoms with E-state index in [1.807, 2.05) is 43.3 Å². The van der Waals surface area contributed by atoms with Crippen LogP contribution in [-0.2, 0) is 11.3 Å². The van der Waals surface area contributed by atoms with E-state index in [1.54, 1.807) is 11.0 Å². The van der Waals surface area contributed by atoms with Crippen molar-refractivity contribution in [2.45, 2.75) is 44.5 Å². The Kier molecular flexibility index (Phi) is 6.38. The minimum absolute atomic E-state index is 0.0454. The van der Waals surface area contributed by atoms with Gasteiger partial charge in [0.15, 0.2) is 0 Å². The van der Waals surface area contributed by atoms with Gasteiger partial charge in [0.2, 0.25) is 23.6 Å². The molecule has 2 aromatic carbocycles. The first-order valence-corrected chi connectivity index (χ1v) is 12.2. The van der Waals surface area contributed by atoms with E-state index in [0.29, 0.717) is 33.5 Å². The van der Waals surface area contributed by atoms with Crippen LogP contribution in [0.5, 0.6) is 0 Å². The van der Waals surface area contributed by atoms with E-state index in [9.17, 15) is 4.79 Å². The lowest BCUT2D eigenvalue weighted by Gasteiger charge is -2.19.